The smallest absolute Gasteiger partial charge is 0.408 e. The SMILES string of the molecule is CN[C@@H](CCC(N)=O)[C@@H](C)OCc1ccc(C#CCNC(=O)OC(C)(C)C)cc1. The first-order valence-corrected chi connectivity index (χ1v) is 9.72. The molecule has 0 aliphatic carbocycles. The Kier molecular flexibility index (Phi) is 10.2. The minimum atomic E-state index is -0.526. The van der Waals surface area contributed by atoms with Crippen molar-refractivity contribution in [1.82, 2.24) is 10.6 Å². The summed E-state index contributed by atoms with van der Waals surface area (Å²) in [6.45, 7) is 8.08. The van der Waals surface area contributed by atoms with Crippen molar-refractivity contribution >= 4 is 12.0 Å². The largest absolute Gasteiger partial charge is 0.444 e. The molecule has 0 unspecified atom stereocenters. The van der Waals surface area contributed by atoms with E-state index in [0.717, 1.165) is 11.1 Å². The van der Waals surface area contributed by atoms with Crippen LogP contribution < -0.4 is 16.4 Å². The summed E-state index contributed by atoms with van der Waals surface area (Å²) in [5, 5.41) is 5.76. The molecule has 2 amide bonds. The third-order valence-electron chi connectivity index (χ3n) is 4.06. The molecule has 0 heterocycles. The molecule has 1 aromatic carbocycles. The van der Waals surface area contributed by atoms with Gasteiger partial charge in [-0.2, -0.15) is 0 Å². The van der Waals surface area contributed by atoms with E-state index in [2.05, 4.69) is 22.5 Å². The molecule has 0 aliphatic heterocycles. The zero-order chi connectivity index (χ0) is 21.9. The van der Waals surface area contributed by atoms with Crippen LogP contribution in [0.3, 0.4) is 0 Å². The van der Waals surface area contributed by atoms with Gasteiger partial charge in [-0.15, -0.1) is 0 Å². The van der Waals surface area contributed by atoms with Crippen molar-refractivity contribution < 1.29 is 19.1 Å². The Balaban J connectivity index is 2.44. The number of carbonyl (C=O) groups excluding carboxylic acids is 2. The molecule has 160 valence electrons. The van der Waals surface area contributed by atoms with Crippen LogP contribution in [0.1, 0.15) is 51.7 Å². The molecule has 0 saturated carbocycles. The summed E-state index contributed by atoms with van der Waals surface area (Å²) in [4.78, 5) is 22.5. The van der Waals surface area contributed by atoms with Gasteiger partial charge in [0.25, 0.3) is 0 Å². The Hall–Kier alpha value is -2.56. The average Bonchev–Trinajstić information content (AvgIpc) is 2.63. The molecule has 4 N–H and O–H groups in total. The number of benzene rings is 1. The van der Waals surface area contributed by atoms with Crippen LogP contribution in [0.15, 0.2) is 24.3 Å². The molecule has 1 aromatic rings. The fourth-order valence-electron chi connectivity index (χ4n) is 2.52. The Labute approximate surface area is 173 Å². The molecule has 0 radical (unpaired) electrons. The minimum absolute atomic E-state index is 0.0576. The molecule has 7 heteroatoms. The number of primary amides is 1. The highest BCUT2D eigenvalue weighted by atomic mass is 16.6. The lowest BCUT2D eigenvalue weighted by Crippen LogP contribution is -2.38. The number of nitrogens with one attached hydrogen (secondary N) is 2. The molecule has 0 aromatic heterocycles. The normalized spacial score (nSPS) is 13.0. The van der Waals surface area contributed by atoms with E-state index in [0.29, 0.717) is 19.4 Å². The van der Waals surface area contributed by atoms with Gasteiger partial charge in [0.2, 0.25) is 5.91 Å². The van der Waals surface area contributed by atoms with E-state index in [-0.39, 0.29) is 24.6 Å². The second-order valence-corrected chi connectivity index (χ2v) is 7.77. The Morgan fingerprint density at radius 1 is 1.21 bits per heavy atom. The van der Waals surface area contributed by atoms with Crippen molar-refractivity contribution in [2.45, 2.75) is 64.9 Å². The average molecular weight is 404 g/mol. The molecule has 29 heavy (non-hydrogen) atoms. The van der Waals surface area contributed by atoms with Crippen molar-refractivity contribution in [2.24, 2.45) is 5.73 Å². The minimum Gasteiger partial charge on any atom is -0.444 e. The van der Waals surface area contributed by atoms with E-state index in [4.69, 9.17) is 15.2 Å². The van der Waals surface area contributed by atoms with Crippen LogP contribution in [0, 0.1) is 11.8 Å². The summed E-state index contributed by atoms with van der Waals surface area (Å²) in [6.07, 6.45) is 0.427. The number of ether oxygens (including phenoxy) is 2. The zero-order valence-corrected chi connectivity index (χ0v) is 18.0. The van der Waals surface area contributed by atoms with Crippen molar-refractivity contribution in [3.63, 3.8) is 0 Å². The standard InChI is InChI=1S/C22H33N3O4/c1-16(19(24-5)12-13-20(23)26)28-15-18-10-8-17(9-11-18)7-6-14-25-21(27)29-22(2,3)4/h8-11,16,19,24H,12-15H2,1-5H3,(H2,23,26)(H,25,27)/t16-,19+/m1/s1. The van der Waals surface area contributed by atoms with Crippen LogP contribution in [0.25, 0.3) is 0 Å². The van der Waals surface area contributed by atoms with Crippen LogP contribution >= 0.6 is 0 Å². The predicted molar refractivity (Wildman–Crippen MR) is 113 cm³/mol. The van der Waals surface area contributed by atoms with E-state index in [1.807, 2.05) is 59.0 Å². The van der Waals surface area contributed by atoms with Gasteiger partial charge in [-0.1, -0.05) is 24.0 Å². The highest BCUT2D eigenvalue weighted by Gasteiger charge is 2.17. The lowest BCUT2D eigenvalue weighted by molar-refractivity contribution is -0.118. The van der Waals surface area contributed by atoms with Gasteiger partial charge in [-0.25, -0.2) is 4.79 Å². The molecule has 0 fully saturated rings. The van der Waals surface area contributed by atoms with Gasteiger partial charge >= 0.3 is 6.09 Å². The van der Waals surface area contributed by atoms with Crippen LogP contribution in [0.2, 0.25) is 0 Å². The first kappa shape index (κ1) is 24.5. The van der Waals surface area contributed by atoms with Crippen molar-refractivity contribution in [3.05, 3.63) is 35.4 Å². The second-order valence-electron chi connectivity index (χ2n) is 7.77. The lowest BCUT2D eigenvalue weighted by atomic mass is 10.1. The third-order valence-corrected chi connectivity index (χ3v) is 4.06. The summed E-state index contributed by atoms with van der Waals surface area (Å²) in [6, 6.07) is 7.79. The summed E-state index contributed by atoms with van der Waals surface area (Å²) in [5.74, 6) is 5.58. The maximum atomic E-state index is 11.5. The van der Waals surface area contributed by atoms with Gasteiger partial charge < -0.3 is 25.8 Å². The maximum Gasteiger partial charge on any atom is 0.408 e. The van der Waals surface area contributed by atoms with Gasteiger partial charge in [-0.3, -0.25) is 4.79 Å². The molecular formula is C22H33N3O4. The summed E-state index contributed by atoms with van der Waals surface area (Å²) < 4.78 is 11.1. The van der Waals surface area contributed by atoms with Crippen molar-refractivity contribution in [1.29, 1.82) is 0 Å². The molecule has 2 atom stereocenters. The quantitative estimate of drug-likeness (QED) is 0.549. The fourth-order valence-corrected chi connectivity index (χ4v) is 2.52. The van der Waals surface area contributed by atoms with Crippen molar-refractivity contribution in [3.8, 4) is 11.8 Å². The number of hydrogen-bond donors (Lipinski definition) is 3. The third kappa shape index (κ3) is 11.1. The van der Waals surface area contributed by atoms with E-state index in [1.165, 1.54) is 0 Å². The van der Waals surface area contributed by atoms with E-state index in [9.17, 15) is 9.59 Å². The number of carbonyl (C=O) groups is 2. The van der Waals surface area contributed by atoms with Crippen LogP contribution in [0.5, 0.6) is 0 Å². The molecule has 0 aliphatic rings. The monoisotopic (exact) mass is 403 g/mol. The first-order chi connectivity index (χ1) is 13.6. The number of likely N-dealkylation sites (N-methyl/N-ethyl adjacent to an activating group) is 1. The Morgan fingerprint density at radius 3 is 2.41 bits per heavy atom. The van der Waals surface area contributed by atoms with Gasteiger partial charge in [0, 0.05) is 18.0 Å². The lowest BCUT2D eigenvalue weighted by Gasteiger charge is -2.23. The predicted octanol–water partition coefficient (Wildman–Crippen LogP) is 2.32. The van der Waals surface area contributed by atoms with Gasteiger partial charge in [0.05, 0.1) is 19.3 Å². The van der Waals surface area contributed by atoms with E-state index >= 15 is 0 Å². The van der Waals surface area contributed by atoms with Crippen LogP contribution in [0.4, 0.5) is 4.79 Å². The zero-order valence-electron chi connectivity index (χ0n) is 18.0. The summed E-state index contributed by atoms with van der Waals surface area (Å²) in [7, 11) is 1.84. The molecule has 0 spiro atoms. The highest BCUT2D eigenvalue weighted by molar-refractivity contribution is 5.73. The molecule has 0 saturated heterocycles. The number of amides is 2. The second kappa shape index (κ2) is 12.1. The fraction of sp³-hybridized carbons (Fsp3) is 0.545. The first-order valence-electron chi connectivity index (χ1n) is 9.72. The molecule has 1 rings (SSSR count). The van der Waals surface area contributed by atoms with Gasteiger partial charge in [0.1, 0.15) is 5.60 Å². The highest BCUT2D eigenvalue weighted by Crippen LogP contribution is 2.11. The summed E-state index contributed by atoms with van der Waals surface area (Å²) >= 11 is 0. The Bertz CT molecular complexity index is 714. The topological polar surface area (TPSA) is 103 Å². The summed E-state index contributed by atoms with van der Waals surface area (Å²) in [5.41, 5.74) is 6.56. The number of rotatable bonds is 9. The van der Waals surface area contributed by atoms with Crippen LogP contribution in [-0.2, 0) is 20.9 Å². The number of alkyl carbamates (subject to hydrolysis) is 1. The molecule has 7 nitrogen and oxygen atoms in total. The number of nitrogens with two attached hydrogens (primary N) is 1. The maximum absolute atomic E-state index is 11.5. The van der Waals surface area contributed by atoms with E-state index < -0.39 is 11.7 Å². The van der Waals surface area contributed by atoms with E-state index in [1.54, 1.807) is 0 Å². The number of hydrogen-bond acceptors (Lipinski definition) is 5. The van der Waals surface area contributed by atoms with Gasteiger partial charge in [-0.05, 0) is 58.9 Å². The van der Waals surface area contributed by atoms with Gasteiger partial charge in [0.15, 0.2) is 0 Å². The van der Waals surface area contributed by atoms with Crippen molar-refractivity contribution in [2.75, 3.05) is 13.6 Å². The molecular weight excluding hydrogens is 370 g/mol. The Morgan fingerprint density at radius 2 is 1.86 bits per heavy atom. The molecule has 0 bridgehead atoms. The van der Waals surface area contributed by atoms with Crippen LogP contribution in [-0.4, -0.2) is 43.3 Å².